The Morgan fingerprint density at radius 1 is 1.25 bits per heavy atom. The van der Waals surface area contributed by atoms with E-state index in [0.29, 0.717) is 11.3 Å². The molecule has 102 valence electrons. The SMILES string of the molecule is Cc1ccccc1Sc1cc2c(cc1Br)C(O)C(=O)N2. The zero-order valence-electron chi connectivity index (χ0n) is 10.7. The van der Waals surface area contributed by atoms with E-state index in [1.54, 1.807) is 17.8 Å². The summed E-state index contributed by atoms with van der Waals surface area (Å²) >= 11 is 5.14. The summed E-state index contributed by atoms with van der Waals surface area (Å²) in [6.45, 7) is 2.06. The van der Waals surface area contributed by atoms with Crippen LogP contribution in [0.1, 0.15) is 17.2 Å². The number of halogens is 1. The van der Waals surface area contributed by atoms with Gasteiger partial charge in [-0.05, 0) is 46.6 Å². The predicted molar refractivity (Wildman–Crippen MR) is 83.0 cm³/mol. The van der Waals surface area contributed by atoms with E-state index in [1.165, 1.54) is 5.56 Å². The highest BCUT2D eigenvalue weighted by Gasteiger charge is 2.29. The summed E-state index contributed by atoms with van der Waals surface area (Å²) in [4.78, 5) is 13.7. The summed E-state index contributed by atoms with van der Waals surface area (Å²) in [6.07, 6.45) is -1.07. The van der Waals surface area contributed by atoms with Crippen molar-refractivity contribution in [1.82, 2.24) is 0 Å². The average Bonchev–Trinajstić information content (AvgIpc) is 2.69. The maximum atomic E-state index is 11.5. The molecular weight excluding hydrogens is 338 g/mol. The van der Waals surface area contributed by atoms with Crippen molar-refractivity contribution in [2.45, 2.75) is 22.8 Å². The van der Waals surface area contributed by atoms with Gasteiger partial charge in [-0.15, -0.1) is 0 Å². The summed E-state index contributed by atoms with van der Waals surface area (Å²) in [5.41, 5.74) is 2.51. The van der Waals surface area contributed by atoms with Crippen molar-refractivity contribution in [1.29, 1.82) is 0 Å². The van der Waals surface area contributed by atoms with Crippen LogP contribution in [-0.2, 0) is 4.79 Å². The smallest absolute Gasteiger partial charge is 0.257 e. The maximum Gasteiger partial charge on any atom is 0.257 e. The molecule has 0 bridgehead atoms. The van der Waals surface area contributed by atoms with Gasteiger partial charge in [-0.25, -0.2) is 0 Å². The second-order valence-electron chi connectivity index (χ2n) is 4.63. The van der Waals surface area contributed by atoms with Gasteiger partial charge in [-0.2, -0.15) is 0 Å². The van der Waals surface area contributed by atoms with Gasteiger partial charge in [-0.1, -0.05) is 30.0 Å². The number of aliphatic hydroxyl groups is 1. The Bertz CT molecular complexity index is 702. The van der Waals surface area contributed by atoms with Gasteiger partial charge in [0.1, 0.15) is 0 Å². The molecule has 1 atom stereocenters. The number of anilines is 1. The van der Waals surface area contributed by atoms with Crippen molar-refractivity contribution in [2.24, 2.45) is 0 Å². The molecule has 0 fully saturated rings. The van der Waals surface area contributed by atoms with Gasteiger partial charge in [0.05, 0.1) is 0 Å². The Morgan fingerprint density at radius 3 is 2.75 bits per heavy atom. The number of carbonyl (C=O) groups is 1. The Kier molecular flexibility index (Phi) is 3.58. The van der Waals surface area contributed by atoms with Crippen LogP contribution in [-0.4, -0.2) is 11.0 Å². The van der Waals surface area contributed by atoms with Crippen LogP contribution >= 0.6 is 27.7 Å². The fraction of sp³-hybridized carbons (Fsp3) is 0.133. The molecule has 1 aliphatic rings. The van der Waals surface area contributed by atoms with Crippen LogP contribution in [0.15, 0.2) is 50.7 Å². The molecule has 0 saturated heterocycles. The van der Waals surface area contributed by atoms with E-state index < -0.39 is 6.10 Å². The van der Waals surface area contributed by atoms with Crippen LogP contribution in [0.25, 0.3) is 0 Å². The van der Waals surface area contributed by atoms with Crippen molar-refractivity contribution in [2.75, 3.05) is 5.32 Å². The fourth-order valence-corrected chi connectivity index (χ4v) is 3.66. The van der Waals surface area contributed by atoms with E-state index in [4.69, 9.17) is 0 Å². The molecule has 5 heteroatoms. The summed E-state index contributed by atoms with van der Waals surface area (Å²) in [7, 11) is 0. The molecule has 1 unspecified atom stereocenters. The van der Waals surface area contributed by atoms with Crippen molar-refractivity contribution in [3.63, 3.8) is 0 Å². The van der Waals surface area contributed by atoms with E-state index in [9.17, 15) is 9.90 Å². The summed E-state index contributed by atoms with van der Waals surface area (Å²) in [5, 5.41) is 12.5. The first kappa shape index (κ1) is 13.7. The van der Waals surface area contributed by atoms with Crippen molar-refractivity contribution >= 4 is 39.3 Å². The van der Waals surface area contributed by atoms with E-state index in [0.717, 1.165) is 14.3 Å². The molecule has 2 aromatic rings. The Balaban J connectivity index is 1.99. The van der Waals surface area contributed by atoms with E-state index in [-0.39, 0.29) is 5.91 Å². The highest BCUT2D eigenvalue weighted by atomic mass is 79.9. The number of carbonyl (C=O) groups excluding carboxylic acids is 1. The lowest BCUT2D eigenvalue weighted by Crippen LogP contribution is -2.10. The topological polar surface area (TPSA) is 49.3 Å². The van der Waals surface area contributed by atoms with Gasteiger partial charge in [0.25, 0.3) is 5.91 Å². The van der Waals surface area contributed by atoms with Crippen LogP contribution in [0, 0.1) is 6.92 Å². The Labute approximate surface area is 129 Å². The number of rotatable bonds is 2. The lowest BCUT2D eigenvalue weighted by atomic mass is 10.1. The minimum Gasteiger partial charge on any atom is -0.378 e. The monoisotopic (exact) mass is 349 g/mol. The summed E-state index contributed by atoms with van der Waals surface area (Å²) in [5.74, 6) is -0.370. The van der Waals surface area contributed by atoms with Gasteiger partial charge in [0.2, 0.25) is 0 Å². The van der Waals surface area contributed by atoms with Crippen molar-refractivity contribution in [3.8, 4) is 0 Å². The molecule has 0 spiro atoms. The molecule has 0 saturated carbocycles. The average molecular weight is 350 g/mol. The van der Waals surface area contributed by atoms with Gasteiger partial charge in [0, 0.05) is 25.5 Å². The molecule has 2 aromatic carbocycles. The fourth-order valence-electron chi connectivity index (χ4n) is 2.11. The van der Waals surface area contributed by atoms with E-state index in [1.807, 2.05) is 18.2 Å². The molecule has 1 aliphatic heterocycles. The second kappa shape index (κ2) is 5.24. The minimum atomic E-state index is -1.07. The third kappa shape index (κ3) is 2.37. The van der Waals surface area contributed by atoms with Crippen LogP contribution in [0.5, 0.6) is 0 Å². The standard InChI is InChI=1S/C15H12BrNO2S/c1-8-4-2-3-5-12(8)20-13-7-11-9(6-10(13)16)14(18)15(19)17-11/h2-7,14,18H,1H3,(H,17,19). The van der Waals surface area contributed by atoms with Crippen molar-refractivity contribution in [3.05, 3.63) is 52.0 Å². The molecule has 20 heavy (non-hydrogen) atoms. The zero-order chi connectivity index (χ0) is 14.3. The number of fused-ring (bicyclic) bond motifs is 1. The number of benzene rings is 2. The maximum absolute atomic E-state index is 11.5. The molecule has 3 nitrogen and oxygen atoms in total. The number of aryl methyl sites for hydroxylation is 1. The molecule has 1 heterocycles. The Hall–Kier alpha value is -1.30. The molecule has 3 rings (SSSR count). The molecule has 0 aromatic heterocycles. The summed E-state index contributed by atoms with van der Waals surface area (Å²) in [6, 6.07) is 11.8. The quantitative estimate of drug-likeness (QED) is 0.864. The molecule has 0 aliphatic carbocycles. The lowest BCUT2D eigenvalue weighted by molar-refractivity contribution is -0.123. The highest BCUT2D eigenvalue weighted by Crippen LogP contribution is 2.41. The number of nitrogens with one attached hydrogen (secondary N) is 1. The van der Waals surface area contributed by atoms with E-state index >= 15 is 0 Å². The minimum absolute atomic E-state index is 0.370. The first-order valence-corrected chi connectivity index (χ1v) is 7.73. The van der Waals surface area contributed by atoms with E-state index in [2.05, 4.69) is 40.3 Å². The van der Waals surface area contributed by atoms with Crippen LogP contribution in [0.2, 0.25) is 0 Å². The van der Waals surface area contributed by atoms with Crippen LogP contribution in [0.3, 0.4) is 0 Å². The van der Waals surface area contributed by atoms with Gasteiger partial charge in [0.15, 0.2) is 6.10 Å². The van der Waals surface area contributed by atoms with Crippen molar-refractivity contribution < 1.29 is 9.90 Å². The third-order valence-electron chi connectivity index (χ3n) is 3.22. The number of amides is 1. The number of hydrogen-bond donors (Lipinski definition) is 2. The number of hydrogen-bond acceptors (Lipinski definition) is 3. The predicted octanol–water partition coefficient (Wildman–Crippen LogP) is 3.89. The summed E-state index contributed by atoms with van der Waals surface area (Å²) < 4.78 is 0.875. The molecular formula is C15H12BrNO2S. The Morgan fingerprint density at radius 2 is 2.00 bits per heavy atom. The molecule has 1 amide bonds. The van der Waals surface area contributed by atoms with Crippen LogP contribution < -0.4 is 5.32 Å². The largest absolute Gasteiger partial charge is 0.378 e. The molecule has 2 N–H and O–H groups in total. The van der Waals surface area contributed by atoms with Crippen LogP contribution in [0.4, 0.5) is 5.69 Å². The first-order chi connectivity index (χ1) is 9.56. The zero-order valence-corrected chi connectivity index (χ0v) is 13.1. The molecule has 0 radical (unpaired) electrons. The lowest BCUT2D eigenvalue weighted by Gasteiger charge is -2.10. The number of aliphatic hydroxyl groups excluding tert-OH is 1. The van der Waals surface area contributed by atoms with Gasteiger partial charge in [-0.3, -0.25) is 4.79 Å². The van der Waals surface area contributed by atoms with Gasteiger partial charge < -0.3 is 10.4 Å². The first-order valence-electron chi connectivity index (χ1n) is 6.12. The third-order valence-corrected chi connectivity index (χ3v) is 5.37. The normalized spacial score (nSPS) is 16.9. The second-order valence-corrected chi connectivity index (χ2v) is 6.57. The highest BCUT2D eigenvalue weighted by molar-refractivity contribution is 9.10. The van der Waals surface area contributed by atoms with Gasteiger partial charge >= 0.3 is 0 Å².